The highest BCUT2D eigenvalue weighted by molar-refractivity contribution is 6.30. The predicted molar refractivity (Wildman–Crippen MR) is 84.5 cm³/mol. The Morgan fingerprint density at radius 1 is 1.22 bits per heavy atom. The molecule has 0 aliphatic carbocycles. The van der Waals surface area contributed by atoms with Gasteiger partial charge < -0.3 is 14.4 Å². The topological polar surface area (TPSA) is 38.8 Å². The zero-order valence-corrected chi connectivity index (χ0v) is 13.5. The summed E-state index contributed by atoms with van der Waals surface area (Å²) in [7, 11) is 3.01. The molecule has 0 radical (unpaired) electrons. The molecule has 23 heavy (non-hydrogen) atoms. The first-order valence-electron chi connectivity index (χ1n) is 7.02. The van der Waals surface area contributed by atoms with E-state index in [1.54, 1.807) is 11.0 Å². The normalized spacial score (nSPS) is 13.2. The van der Waals surface area contributed by atoms with E-state index in [1.165, 1.54) is 32.4 Å². The van der Waals surface area contributed by atoms with E-state index in [-0.39, 0.29) is 18.3 Å². The van der Waals surface area contributed by atoms with E-state index in [4.69, 9.17) is 21.1 Å². The smallest absolute Gasteiger partial charge is 0.258 e. The Morgan fingerprint density at radius 2 is 2.00 bits per heavy atom. The van der Waals surface area contributed by atoms with Crippen LogP contribution in [0.15, 0.2) is 30.3 Å². The fourth-order valence-corrected chi connectivity index (χ4v) is 2.96. The summed E-state index contributed by atoms with van der Waals surface area (Å²) < 4.78 is 24.5. The van der Waals surface area contributed by atoms with Gasteiger partial charge in [-0.25, -0.2) is 4.39 Å². The van der Waals surface area contributed by atoms with Gasteiger partial charge in [-0.2, -0.15) is 0 Å². The number of hydrogen-bond acceptors (Lipinski definition) is 3. The van der Waals surface area contributed by atoms with Crippen molar-refractivity contribution >= 4 is 17.5 Å². The molecule has 1 aliphatic rings. The number of hydrogen-bond donors (Lipinski definition) is 0. The fourth-order valence-electron chi connectivity index (χ4n) is 2.77. The zero-order chi connectivity index (χ0) is 16.6. The van der Waals surface area contributed by atoms with E-state index in [2.05, 4.69) is 0 Å². The van der Waals surface area contributed by atoms with E-state index in [0.717, 1.165) is 5.56 Å². The second-order valence-electron chi connectivity index (χ2n) is 5.23. The van der Waals surface area contributed by atoms with Gasteiger partial charge in [-0.3, -0.25) is 4.79 Å². The van der Waals surface area contributed by atoms with Gasteiger partial charge in [-0.05, 0) is 29.8 Å². The maximum Gasteiger partial charge on any atom is 0.258 e. The van der Waals surface area contributed by atoms with Crippen LogP contribution in [0.5, 0.6) is 11.5 Å². The van der Waals surface area contributed by atoms with Crippen LogP contribution >= 0.6 is 11.6 Å². The number of carbonyl (C=O) groups excluding carboxylic acids is 1. The van der Waals surface area contributed by atoms with E-state index in [1.807, 2.05) is 6.07 Å². The minimum absolute atomic E-state index is 0.144. The SMILES string of the molecule is COc1ccc2c(c1OC)C(=O)N(Cc1cc(Cl)ccc1F)C2. The molecular weight excluding hydrogens is 321 g/mol. The summed E-state index contributed by atoms with van der Waals surface area (Å²) in [6.45, 7) is 0.534. The van der Waals surface area contributed by atoms with Crippen molar-refractivity contribution in [2.24, 2.45) is 0 Å². The Morgan fingerprint density at radius 3 is 2.70 bits per heavy atom. The average molecular weight is 336 g/mol. The van der Waals surface area contributed by atoms with Crippen LogP contribution < -0.4 is 9.47 Å². The first-order chi connectivity index (χ1) is 11.0. The number of benzene rings is 2. The monoisotopic (exact) mass is 335 g/mol. The lowest BCUT2D eigenvalue weighted by atomic mass is 10.1. The molecule has 0 fully saturated rings. The molecule has 0 spiro atoms. The molecule has 4 nitrogen and oxygen atoms in total. The maximum atomic E-state index is 13.9. The molecule has 0 aromatic heterocycles. The molecule has 2 aromatic rings. The van der Waals surface area contributed by atoms with E-state index < -0.39 is 0 Å². The molecule has 6 heteroatoms. The minimum Gasteiger partial charge on any atom is -0.493 e. The van der Waals surface area contributed by atoms with Crippen LogP contribution in [0.4, 0.5) is 4.39 Å². The van der Waals surface area contributed by atoms with Crippen LogP contribution in [-0.4, -0.2) is 25.0 Å². The molecule has 0 atom stereocenters. The molecule has 0 saturated heterocycles. The van der Waals surface area contributed by atoms with Crippen molar-refractivity contribution in [3.8, 4) is 11.5 Å². The van der Waals surface area contributed by atoms with E-state index >= 15 is 0 Å². The van der Waals surface area contributed by atoms with Crippen molar-refractivity contribution in [2.45, 2.75) is 13.1 Å². The Kier molecular flexibility index (Phi) is 4.13. The second-order valence-corrected chi connectivity index (χ2v) is 5.67. The Hall–Kier alpha value is -2.27. The summed E-state index contributed by atoms with van der Waals surface area (Å²) >= 11 is 5.91. The lowest BCUT2D eigenvalue weighted by Gasteiger charge is -2.16. The number of ether oxygens (including phenoxy) is 2. The van der Waals surface area contributed by atoms with Crippen molar-refractivity contribution in [3.05, 3.63) is 57.9 Å². The van der Waals surface area contributed by atoms with Gasteiger partial charge in [0.2, 0.25) is 0 Å². The van der Waals surface area contributed by atoms with Gasteiger partial charge in [0.25, 0.3) is 5.91 Å². The highest BCUT2D eigenvalue weighted by Gasteiger charge is 2.32. The quantitative estimate of drug-likeness (QED) is 0.856. The Balaban J connectivity index is 1.93. The standard InChI is InChI=1S/C17H15ClFNO3/c1-22-14-6-3-10-8-20(17(21)15(10)16(14)23-2)9-11-7-12(18)4-5-13(11)19/h3-7H,8-9H2,1-2H3. The molecule has 1 aliphatic heterocycles. The molecule has 0 unspecified atom stereocenters. The van der Waals surface area contributed by atoms with Crippen molar-refractivity contribution in [3.63, 3.8) is 0 Å². The van der Waals surface area contributed by atoms with Gasteiger partial charge in [0.1, 0.15) is 5.82 Å². The third kappa shape index (κ3) is 2.72. The van der Waals surface area contributed by atoms with Gasteiger partial charge in [-0.1, -0.05) is 17.7 Å². The van der Waals surface area contributed by atoms with Crippen LogP contribution in [0, 0.1) is 5.82 Å². The molecule has 0 saturated carbocycles. The molecule has 1 amide bonds. The number of rotatable bonds is 4. The predicted octanol–water partition coefficient (Wildman–Crippen LogP) is 3.65. The Bertz CT molecular complexity index is 779. The summed E-state index contributed by atoms with van der Waals surface area (Å²) in [4.78, 5) is 14.2. The second kappa shape index (κ2) is 6.08. The summed E-state index contributed by atoms with van der Waals surface area (Å²) in [5.41, 5.74) is 1.67. The van der Waals surface area contributed by atoms with Gasteiger partial charge >= 0.3 is 0 Å². The van der Waals surface area contributed by atoms with Crippen LogP contribution in [0.3, 0.4) is 0 Å². The first kappa shape index (κ1) is 15.6. The summed E-state index contributed by atoms with van der Waals surface area (Å²) in [6, 6.07) is 7.89. The molecule has 0 N–H and O–H groups in total. The van der Waals surface area contributed by atoms with Gasteiger partial charge in [0, 0.05) is 23.7 Å². The van der Waals surface area contributed by atoms with Crippen LogP contribution in [-0.2, 0) is 13.1 Å². The third-order valence-electron chi connectivity index (χ3n) is 3.86. The number of halogens is 2. The van der Waals surface area contributed by atoms with Crippen molar-refractivity contribution in [2.75, 3.05) is 14.2 Å². The highest BCUT2D eigenvalue weighted by atomic mass is 35.5. The number of carbonyl (C=O) groups is 1. The highest BCUT2D eigenvalue weighted by Crippen LogP contribution is 2.38. The van der Waals surface area contributed by atoms with Crippen LogP contribution in [0.25, 0.3) is 0 Å². The fraction of sp³-hybridized carbons (Fsp3) is 0.235. The number of amides is 1. The van der Waals surface area contributed by atoms with Gasteiger partial charge in [-0.15, -0.1) is 0 Å². The number of nitrogens with zero attached hydrogens (tertiary/aromatic N) is 1. The molecule has 0 bridgehead atoms. The van der Waals surface area contributed by atoms with E-state index in [9.17, 15) is 9.18 Å². The lowest BCUT2D eigenvalue weighted by molar-refractivity contribution is 0.0762. The van der Waals surface area contributed by atoms with E-state index in [0.29, 0.717) is 34.2 Å². The average Bonchev–Trinajstić information content (AvgIpc) is 2.86. The van der Waals surface area contributed by atoms with Crippen LogP contribution in [0.1, 0.15) is 21.5 Å². The van der Waals surface area contributed by atoms with Crippen molar-refractivity contribution in [1.29, 1.82) is 0 Å². The van der Waals surface area contributed by atoms with Gasteiger partial charge in [0.05, 0.1) is 19.8 Å². The summed E-state index contributed by atoms with van der Waals surface area (Å²) in [5.74, 6) is 0.303. The van der Waals surface area contributed by atoms with Crippen molar-refractivity contribution < 1.29 is 18.7 Å². The van der Waals surface area contributed by atoms with Gasteiger partial charge in [0.15, 0.2) is 11.5 Å². The largest absolute Gasteiger partial charge is 0.493 e. The molecule has 3 rings (SSSR count). The number of methoxy groups -OCH3 is 2. The zero-order valence-electron chi connectivity index (χ0n) is 12.7. The summed E-state index contributed by atoms with van der Waals surface area (Å²) in [5, 5.41) is 0.435. The maximum absolute atomic E-state index is 13.9. The molecule has 120 valence electrons. The minimum atomic E-state index is -0.386. The molecular formula is C17H15ClFNO3. The van der Waals surface area contributed by atoms with Crippen LogP contribution in [0.2, 0.25) is 5.02 Å². The third-order valence-corrected chi connectivity index (χ3v) is 4.10. The first-order valence-corrected chi connectivity index (χ1v) is 7.40. The summed E-state index contributed by atoms with van der Waals surface area (Å²) in [6.07, 6.45) is 0. The van der Waals surface area contributed by atoms with Crippen molar-refractivity contribution in [1.82, 2.24) is 4.90 Å². The molecule has 2 aromatic carbocycles. The Labute approximate surface area is 138 Å². The number of fused-ring (bicyclic) bond motifs is 1. The lowest BCUT2D eigenvalue weighted by Crippen LogP contribution is -2.24. The molecule has 1 heterocycles.